The monoisotopic (exact) mass is 601 g/mol. The number of carbonyl (C=O) groups is 1. The van der Waals surface area contributed by atoms with Crippen LogP contribution in [0.1, 0.15) is 49.2 Å². The molecule has 0 saturated carbocycles. The Morgan fingerprint density at radius 3 is 2.66 bits per heavy atom. The molecule has 0 N–H and O–H groups in total. The number of piperidine rings is 1. The lowest BCUT2D eigenvalue weighted by atomic mass is 9.87. The molecule has 216 valence electrons. The molecule has 4 atom stereocenters. The van der Waals surface area contributed by atoms with Crippen LogP contribution in [0.25, 0.3) is 22.0 Å². The summed E-state index contributed by atoms with van der Waals surface area (Å²) in [5, 5.41) is 6.03. The van der Waals surface area contributed by atoms with Gasteiger partial charge in [-0.05, 0) is 43.6 Å². The topological polar surface area (TPSA) is 65.2 Å². The molecule has 0 aliphatic carbocycles. The molecule has 4 aromatic rings. The van der Waals surface area contributed by atoms with Crippen LogP contribution in [0.3, 0.4) is 0 Å². The van der Waals surface area contributed by atoms with Gasteiger partial charge in [-0.2, -0.15) is 5.10 Å². The van der Waals surface area contributed by atoms with E-state index in [0.29, 0.717) is 44.4 Å². The van der Waals surface area contributed by atoms with E-state index in [0.717, 1.165) is 30.6 Å². The molecule has 1 fully saturated rings. The van der Waals surface area contributed by atoms with Gasteiger partial charge in [-0.1, -0.05) is 54.4 Å². The Morgan fingerprint density at radius 1 is 1.17 bits per heavy atom. The number of nitrogens with zero attached hydrogens (tertiary/aromatic N) is 5. The largest absolute Gasteiger partial charge is 0.464 e. The van der Waals surface area contributed by atoms with E-state index < -0.39 is 24.4 Å². The van der Waals surface area contributed by atoms with E-state index in [-0.39, 0.29) is 25.5 Å². The number of ether oxygens (including phenoxy) is 1. The van der Waals surface area contributed by atoms with E-state index in [1.807, 2.05) is 24.3 Å². The van der Waals surface area contributed by atoms with Crippen molar-refractivity contribution in [2.24, 2.45) is 0 Å². The second-order valence-corrected chi connectivity index (χ2v) is 11.5. The van der Waals surface area contributed by atoms with E-state index in [1.165, 1.54) is 4.68 Å². The van der Waals surface area contributed by atoms with Crippen LogP contribution in [-0.4, -0.2) is 68.8 Å². The molecule has 41 heavy (non-hydrogen) atoms. The first kappa shape index (κ1) is 28.1. The van der Waals surface area contributed by atoms with Gasteiger partial charge in [0.15, 0.2) is 6.04 Å². The van der Waals surface area contributed by atoms with Gasteiger partial charge < -0.3 is 14.2 Å². The Balaban J connectivity index is 1.35. The first-order valence-corrected chi connectivity index (χ1v) is 14.7. The SMILES string of the molecule is CCOC(=O)C(c1ncn2c1CC(F)C2)n1cc2c(Cl)cc(-c3ccc([C@H]4CCN(CC)C[C@@H]4F)cc3)c(Cl)c2n1. The number of hydrogen-bond donors (Lipinski definition) is 0. The first-order valence-electron chi connectivity index (χ1n) is 14.0. The summed E-state index contributed by atoms with van der Waals surface area (Å²) in [6.07, 6.45) is 2.18. The van der Waals surface area contributed by atoms with Crippen molar-refractivity contribution < 1.29 is 18.3 Å². The number of aromatic nitrogens is 4. The molecule has 2 unspecified atom stereocenters. The number of imidazole rings is 1. The quantitative estimate of drug-likeness (QED) is 0.229. The summed E-state index contributed by atoms with van der Waals surface area (Å²) in [6.45, 7) is 6.32. The van der Waals surface area contributed by atoms with E-state index in [2.05, 4.69) is 21.9 Å². The third kappa shape index (κ3) is 5.13. The third-order valence-electron chi connectivity index (χ3n) is 8.25. The van der Waals surface area contributed by atoms with Gasteiger partial charge in [0.2, 0.25) is 0 Å². The van der Waals surface area contributed by atoms with Gasteiger partial charge in [0.05, 0.1) is 35.2 Å². The van der Waals surface area contributed by atoms with E-state index in [4.69, 9.17) is 27.9 Å². The molecule has 7 nitrogen and oxygen atoms in total. The van der Waals surface area contributed by atoms with Crippen LogP contribution in [0, 0.1) is 0 Å². The molecule has 11 heteroatoms. The Morgan fingerprint density at radius 2 is 1.95 bits per heavy atom. The van der Waals surface area contributed by atoms with Crippen LogP contribution in [-0.2, 0) is 22.5 Å². The average Bonchev–Trinajstić information content (AvgIpc) is 3.67. The van der Waals surface area contributed by atoms with Gasteiger partial charge in [0.1, 0.15) is 17.9 Å². The number of carbonyl (C=O) groups excluding carboxylic acids is 1. The standard InChI is InChI=1S/C30H31Cl2F2N5O2/c1-3-37-10-9-20(24(34)15-37)17-5-7-18(8-6-17)21-12-23(31)22-14-39(36-27(22)26(21)32)29(30(40)41-4-2)28-25-11-19(33)13-38(25)16-35-28/h5-8,12,14,16,19-20,24,29H,3-4,9-11,13,15H2,1-2H3/t19?,20-,24+,29?/m1/s1. The number of rotatable bonds is 7. The number of likely N-dealkylation sites (tertiary alicyclic amines) is 1. The lowest BCUT2D eigenvalue weighted by Crippen LogP contribution is -2.40. The summed E-state index contributed by atoms with van der Waals surface area (Å²) >= 11 is 13.6. The highest BCUT2D eigenvalue weighted by atomic mass is 35.5. The predicted molar refractivity (Wildman–Crippen MR) is 155 cm³/mol. The zero-order valence-electron chi connectivity index (χ0n) is 22.9. The minimum atomic E-state index is -1.04. The van der Waals surface area contributed by atoms with Crippen molar-refractivity contribution in [3.05, 3.63) is 69.9 Å². The summed E-state index contributed by atoms with van der Waals surface area (Å²) in [5.41, 5.74) is 3.92. The number of halogens is 4. The van der Waals surface area contributed by atoms with Gasteiger partial charge >= 0.3 is 5.97 Å². The molecule has 6 rings (SSSR count). The molecule has 0 radical (unpaired) electrons. The normalized spacial score (nSPS) is 21.8. The second-order valence-electron chi connectivity index (χ2n) is 10.7. The minimum Gasteiger partial charge on any atom is -0.464 e. The van der Waals surface area contributed by atoms with Crippen molar-refractivity contribution >= 4 is 40.1 Å². The van der Waals surface area contributed by atoms with Crippen molar-refractivity contribution in [3.63, 3.8) is 0 Å². The Bertz CT molecular complexity index is 1590. The van der Waals surface area contributed by atoms with Crippen LogP contribution in [0.4, 0.5) is 8.78 Å². The highest BCUT2D eigenvalue weighted by Crippen LogP contribution is 2.40. The lowest BCUT2D eigenvalue weighted by Gasteiger charge is -2.34. The predicted octanol–water partition coefficient (Wildman–Crippen LogP) is 6.40. The van der Waals surface area contributed by atoms with Crippen molar-refractivity contribution in [1.82, 2.24) is 24.2 Å². The summed E-state index contributed by atoms with van der Waals surface area (Å²) in [6, 6.07) is 8.51. The molecule has 2 aliphatic rings. The fourth-order valence-electron chi connectivity index (χ4n) is 6.09. The molecule has 2 aromatic heterocycles. The molecule has 1 saturated heterocycles. The van der Waals surface area contributed by atoms with Gasteiger partial charge in [-0.15, -0.1) is 0 Å². The van der Waals surface area contributed by atoms with Crippen molar-refractivity contribution in [3.8, 4) is 11.1 Å². The fraction of sp³-hybridized carbons (Fsp3) is 0.433. The van der Waals surface area contributed by atoms with E-state index in [9.17, 15) is 13.6 Å². The smallest absolute Gasteiger partial charge is 0.337 e. The van der Waals surface area contributed by atoms with Gasteiger partial charge in [0, 0.05) is 41.7 Å². The molecule has 4 heterocycles. The number of fused-ring (bicyclic) bond motifs is 2. The van der Waals surface area contributed by atoms with Gasteiger partial charge in [-0.3, -0.25) is 4.68 Å². The first-order chi connectivity index (χ1) is 19.8. The minimum absolute atomic E-state index is 0.138. The van der Waals surface area contributed by atoms with E-state index >= 15 is 0 Å². The lowest BCUT2D eigenvalue weighted by molar-refractivity contribution is -0.146. The van der Waals surface area contributed by atoms with Crippen molar-refractivity contribution in [2.75, 3.05) is 26.2 Å². The third-order valence-corrected chi connectivity index (χ3v) is 8.94. The van der Waals surface area contributed by atoms with E-state index in [1.54, 1.807) is 30.1 Å². The van der Waals surface area contributed by atoms with Crippen LogP contribution in [0.15, 0.2) is 42.9 Å². The molecule has 0 spiro atoms. The highest BCUT2D eigenvalue weighted by Gasteiger charge is 2.35. The number of benzene rings is 2. The maximum Gasteiger partial charge on any atom is 0.337 e. The molecular formula is C30H31Cl2F2N5O2. The average molecular weight is 603 g/mol. The number of alkyl halides is 2. The zero-order chi connectivity index (χ0) is 28.8. The Labute approximate surface area is 247 Å². The number of esters is 1. The highest BCUT2D eigenvalue weighted by molar-refractivity contribution is 6.42. The molecule has 0 bridgehead atoms. The number of hydrogen-bond acceptors (Lipinski definition) is 5. The Kier molecular flexibility index (Phi) is 7.78. The second kappa shape index (κ2) is 11.3. The maximum atomic E-state index is 14.9. The summed E-state index contributed by atoms with van der Waals surface area (Å²) in [5.74, 6) is -0.691. The van der Waals surface area contributed by atoms with Gasteiger partial charge in [-0.25, -0.2) is 18.6 Å². The summed E-state index contributed by atoms with van der Waals surface area (Å²) in [7, 11) is 0. The zero-order valence-corrected chi connectivity index (χ0v) is 24.4. The van der Waals surface area contributed by atoms with Crippen LogP contribution in [0.5, 0.6) is 0 Å². The fourth-order valence-corrected chi connectivity index (χ4v) is 6.64. The molecule has 0 amide bonds. The molecular weight excluding hydrogens is 571 g/mol. The van der Waals surface area contributed by atoms with Gasteiger partial charge in [0.25, 0.3) is 0 Å². The maximum absolute atomic E-state index is 14.9. The van der Waals surface area contributed by atoms with Crippen molar-refractivity contribution in [1.29, 1.82) is 0 Å². The Hall–Kier alpha value is -3.01. The molecule has 2 aliphatic heterocycles. The molecule has 2 aromatic carbocycles. The summed E-state index contributed by atoms with van der Waals surface area (Å²) < 4.78 is 37.6. The summed E-state index contributed by atoms with van der Waals surface area (Å²) in [4.78, 5) is 19.7. The van der Waals surface area contributed by atoms with Crippen LogP contribution < -0.4 is 0 Å². The van der Waals surface area contributed by atoms with Crippen LogP contribution in [0.2, 0.25) is 10.0 Å². The van der Waals surface area contributed by atoms with Crippen molar-refractivity contribution in [2.45, 2.75) is 57.5 Å². The van der Waals surface area contributed by atoms with Crippen LogP contribution >= 0.6 is 23.2 Å².